The third kappa shape index (κ3) is 7.60. The first kappa shape index (κ1) is 57.6. The van der Waals surface area contributed by atoms with Crippen LogP contribution in [0.15, 0.2) is 243 Å². The molecule has 8 heteroatoms. The highest BCUT2D eigenvalue weighted by molar-refractivity contribution is 6.13. The van der Waals surface area contributed by atoms with Gasteiger partial charge in [0.2, 0.25) is 33.8 Å². The minimum absolute atomic E-state index is 0.00401. The highest BCUT2D eigenvalue weighted by Gasteiger charge is 2.51. The Morgan fingerprint density at radius 3 is 1.28 bits per heavy atom. The van der Waals surface area contributed by atoms with E-state index < -0.39 is 0 Å². The number of benzene rings is 12. The predicted molar refractivity (Wildman–Crippen MR) is 399 cm³/mol. The van der Waals surface area contributed by atoms with Crippen LogP contribution in [-0.4, -0.2) is 0 Å². The molecule has 0 fully saturated rings. The van der Waals surface area contributed by atoms with Gasteiger partial charge < -0.3 is 18.9 Å². The van der Waals surface area contributed by atoms with Gasteiger partial charge in [0.1, 0.15) is 23.0 Å². The number of hydrogen-bond donors (Lipinski definition) is 0. The Balaban J connectivity index is 0.0000000873. The Bertz CT molecular complexity index is 6370. The maximum absolute atomic E-state index is 6.18. The third-order valence-corrected chi connectivity index (χ3v) is 23.9. The summed E-state index contributed by atoms with van der Waals surface area (Å²) in [4.78, 5) is 0. The van der Waals surface area contributed by atoms with Gasteiger partial charge >= 0.3 is 0 Å². The summed E-state index contributed by atoms with van der Waals surface area (Å²) in [7, 11) is 0. The van der Waals surface area contributed by atoms with Crippen molar-refractivity contribution >= 4 is 86.4 Å². The summed E-state index contributed by atoms with van der Waals surface area (Å²) in [6, 6.07) is 83.3. The van der Waals surface area contributed by atoms with Crippen LogP contribution in [0.2, 0.25) is 0 Å². The molecule has 100 heavy (non-hydrogen) atoms. The zero-order valence-electron chi connectivity index (χ0n) is 57.3. The highest BCUT2D eigenvalue weighted by atomic mass is 16.5. The van der Waals surface area contributed by atoms with E-state index in [-0.39, 0.29) is 21.7 Å². The molecule has 4 aliphatic carbocycles. The van der Waals surface area contributed by atoms with Crippen LogP contribution in [0.4, 0.5) is 0 Å². The summed E-state index contributed by atoms with van der Waals surface area (Å²) in [5.41, 5.74) is 24.1. The Morgan fingerprint density at radius 2 is 0.680 bits per heavy atom. The fourth-order valence-corrected chi connectivity index (χ4v) is 19.1. The molecular formula is C92H72N4O4+4. The van der Waals surface area contributed by atoms with Crippen molar-refractivity contribution in [1.29, 1.82) is 0 Å². The normalized spacial score (nSPS) is 16.1. The van der Waals surface area contributed by atoms with Crippen molar-refractivity contribution in [3.8, 4) is 68.0 Å². The van der Waals surface area contributed by atoms with E-state index in [2.05, 4.69) is 317 Å². The summed E-state index contributed by atoms with van der Waals surface area (Å²) in [5, 5.41) is 18.3. The number of hydrogen-bond acceptors (Lipinski definition) is 4. The Labute approximate surface area is 579 Å². The quantitative estimate of drug-likeness (QED) is 0.112. The monoisotopic (exact) mass is 1300 g/mol. The minimum atomic E-state index is -0.0419. The van der Waals surface area contributed by atoms with Crippen LogP contribution in [0.1, 0.15) is 99.9 Å². The van der Waals surface area contributed by atoms with Crippen LogP contribution in [0.25, 0.3) is 131 Å². The lowest BCUT2D eigenvalue weighted by Gasteiger charge is -2.22. The Hall–Kier alpha value is -11.5. The van der Waals surface area contributed by atoms with Crippen molar-refractivity contribution in [2.24, 2.45) is 0 Å². The van der Waals surface area contributed by atoms with Gasteiger partial charge in [-0.15, -0.1) is 0 Å². The molecule has 0 amide bonds. The average molecular weight is 1300 g/mol. The van der Waals surface area contributed by atoms with Crippen LogP contribution in [-0.2, 0) is 48.6 Å². The molecule has 0 N–H and O–H groups in total. The lowest BCUT2D eigenvalue weighted by Crippen LogP contribution is -2.43. The molecule has 0 spiro atoms. The molecule has 0 bridgehead atoms. The SMILES string of the molecule is CC1(C)c2cccc3c2-c2c1c1c(ccc4ccccc41)c[n+]2CO3.CC1(C)c2cccc3c2-c2c1c1ccc4ccccc4c1c[n+]2CO3.CC1(C)c2cccc3c2-c2c1cc1c4ccccc4ccc1[n+]2CO3.CC1(C)c2cccc3c2-c2c1cc1ccc4ccccc4c1[n+]2CO3. The fourth-order valence-electron chi connectivity index (χ4n) is 19.1. The molecule has 24 rings (SSSR count). The molecule has 4 aliphatic heterocycles. The molecule has 8 heterocycles. The summed E-state index contributed by atoms with van der Waals surface area (Å²) < 4.78 is 33.8. The molecule has 0 saturated carbocycles. The first-order chi connectivity index (χ1) is 48.6. The second-order valence-electron chi connectivity index (χ2n) is 30.6. The molecule has 0 unspecified atom stereocenters. The van der Waals surface area contributed by atoms with Crippen LogP contribution >= 0.6 is 0 Å². The van der Waals surface area contributed by atoms with Gasteiger partial charge in [0.15, 0.2) is 12.4 Å². The second-order valence-corrected chi connectivity index (χ2v) is 30.6. The molecular weight excluding hydrogens is 1230 g/mol. The summed E-state index contributed by atoms with van der Waals surface area (Å²) in [5.74, 6) is 4.07. The largest absolute Gasteiger partial charge is 0.435 e. The second kappa shape index (κ2) is 20.1. The summed E-state index contributed by atoms with van der Waals surface area (Å²) in [6.07, 6.45) is 4.53. The van der Waals surface area contributed by atoms with Crippen LogP contribution in [0.5, 0.6) is 23.0 Å². The molecule has 16 aromatic rings. The number of aromatic nitrogens is 4. The van der Waals surface area contributed by atoms with Crippen molar-refractivity contribution in [2.75, 3.05) is 0 Å². The summed E-state index contributed by atoms with van der Waals surface area (Å²) in [6.45, 7) is 21.0. The van der Waals surface area contributed by atoms with Gasteiger partial charge in [-0.05, 0) is 126 Å². The lowest BCUT2D eigenvalue weighted by atomic mass is 9.80. The topological polar surface area (TPSA) is 52.4 Å². The van der Waals surface area contributed by atoms with Gasteiger partial charge in [0.05, 0.1) is 38.4 Å². The van der Waals surface area contributed by atoms with Gasteiger partial charge in [-0.25, -0.2) is 0 Å². The van der Waals surface area contributed by atoms with Gasteiger partial charge in [-0.3, -0.25) is 0 Å². The first-order valence-corrected chi connectivity index (χ1v) is 35.3. The number of fused-ring (bicyclic) bond motifs is 16. The van der Waals surface area contributed by atoms with E-state index in [1.165, 1.54) is 176 Å². The van der Waals surface area contributed by atoms with E-state index >= 15 is 0 Å². The highest BCUT2D eigenvalue weighted by Crippen LogP contribution is 2.58. The Kier molecular flexibility index (Phi) is 11.6. The lowest BCUT2D eigenvalue weighted by molar-refractivity contribution is -0.716. The fraction of sp³-hybridized carbons (Fsp3) is 0.174. The zero-order valence-corrected chi connectivity index (χ0v) is 57.3. The van der Waals surface area contributed by atoms with E-state index in [1.807, 2.05) is 0 Å². The molecule has 0 atom stereocenters. The van der Waals surface area contributed by atoms with E-state index in [0.29, 0.717) is 26.9 Å². The standard InChI is InChI=1S/4C23H18NO/c1-23(2)17-8-5-9-19-20(17)22-18(23)12-15-11-10-14-6-3-4-7-16(14)21(15)24(22)13-25-19;1-23(2)17-8-5-9-18-20(17)22-21(23)19-15(12-24(22)13-25-18)11-10-14-6-3-4-7-16(14)19;1-23(2)17-8-5-9-20-21(17)22-18(23)12-16-15-7-4-3-6-14(15)10-11-19(16)24(22)13-25-20;1-23(2)18-8-5-9-19-20(18)22-21(23)16-11-10-14-6-3-4-7-15(14)17(16)12-24(22)13-25-19/h4*3-12H,13H2,1-2H3/q4*+1. The predicted octanol–water partition coefficient (Wildman–Crippen LogP) is 19.7. The van der Waals surface area contributed by atoms with Crippen LogP contribution in [0, 0.1) is 0 Å². The third-order valence-electron chi connectivity index (χ3n) is 23.9. The maximum Gasteiger partial charge on any atom is 0.293 e. The molecule has 8 nitrogen and oxygen atoms in total. The average Bonchev–Trinajstić information content (AvgIpc) is 1.53. The van der Waals surface area contributed by atoms with Crippen molar-refractivity contribution in [3.05, 3.63) is 287 Å². The molecule has 8 aliphatic rings. The molecule has 0 radical (unpaired) electrons. The molecule has 0 saturated heterocycles. The maximum atomic E-state index is 6.18. The Morgan fingerprint density at radius 1 is 0.270 bits per heavy atom. The van der Waals surface area contributed by atoms with E-state index in [4.69, 9.17) is 18.9 Å². The van der Waals surface area contributed by atoms with Crippen molar-refractivity contribution in [2.45, 2.75) is 104 Å². The first-order valence-electron chi connectivity index (χ1n) is 35.3. The number of ether oxygens (including phenoxy) is 4. The van der Waals surface area contributed by atoms with E-state index in [1.54, 1.807) is 0 Å². The van der Waals surface area contributed by atoms with Crippen LogP contribution < -0.4 is 37.2 Å². The number of pyridine rings is 4. The van der Waals surface area contributed by atoms with Gasteiger partial charge in [0.25, 0.3) is 26.9 Å². The minimum Gasteiger partial charge on any atom is -0.435 e. The van der Waals surface area contributed by atoms with Gasteiger partial charge in [0, 0.05) is 66.1 Å². The zero-order chi connectivity index (χ0) is 67.0. The van der Waals surface area contributed by atoms with Crippen LogP contribution in [0.3, 0.4) is 0 Å². The van der Waals surface area contributed by atoms with E-state index in [0.717, 1.165) is 23.0 Å². The van der Waals surface area contributed by atoms with Crippen molar-refractivity contribution < 1.29 is 37.2 Å². The number of nitrogens with zero attached hydrogens (tertiary/aromatic N) is 4. The smallest absolute Gasteiger partial charge is 0.293 e. The van der Waals surface area contributed by atoms with E-state index in [9.17, 15) is 0 Å². The van der Waals surface area contributed by atoms with Crippen molar-refractivity contribution in [3.63, 3.8) is 0 Å². The summed E-state index contributed by atoms with van der Waals surface area (Å²) >= 11 is 0. The molecule has 12 aromatic carbocycles. The molecule has 480 valence electrons. The number of rotatable bonds is 0. The molecule has 4 aromatic heterocycles. The van der Waals surface area contributed by atoms with Crippen molar-refractivity contribution in [1.82, 2.24) is 0 Å². The van der Waals surface area contributed by atoms with Gasteiger partial charge in [-0.2, -0.15) is 18.3 Å². The van der Waals surface area contributed by atoms with Gasteiger partial charge in [-0.1, -0.05) is 219 Å².